The maximum Gasteiger partial charge on any atom is 0.401 e. The van der Waals surface area contributed by atoms with E-state index in [4.69, 9.17) is 4.74 Å². The Morgan fingerprint density at radius 2 is 1.85 bits per heavy atom. The molecule has 0 N–H and O–H groups in total. The molecule has 0 atom stereocenters. The summed E-state index contributed by atoms with van der Waals surface area (Å²) >= 11 is 0. The molecule has 0 aliphatic rings. The predicted octanol–water partition coefficient (Wildman–Crippen LogP) is 1.91. The maximum atomic E-state index is 11.8. The molecule has 0 unspecified atom stereocenters. The highest BCUT2D eigenvalue weighted by atomic mass is 19.4. The third-order valence-corrected chi connectivity index (χ3v) is 1.37. The van der Waals surface area contributed by atoms with Crippen molar-refractivity contribution < 1.29 is 17.9 Å². The quantitative estimate of drug-likeness (QED) is 0.670. The van der Waals surface area contributed by atoms with Crippen LogP contribution >= 0.6 is 0 Å². The molecule has 0 radical (unpaired) electrons. The van der Waals surface area contributed by atoms with Crippen LogP contribution in [0.2, 0.25) is 0 Å². The zero-order valence-corrected chi connectivity index (χ0v) is 8.19. The number of rotatable bonds is 5. The lowest BCUT2D eigenvalue weighted by atomic mass is 10.4. The van der Waals surface area contributed by atoms with Crippen molar-refractivity contribution in [2.24, 2.45) is 0 Å². The monoisotopic (exact) mass is 199 g/mol. The van der Waals surface area contributed by atoms with Crippen LogP contribution in [0.5, 0.6) is 0 Å². The first kappa shape index (κ1) is 12.7. The van der Waals surface area contributed by atoms with E-state index in [2.05, 4.69) is 0 Å². The Hall–Kier alpha value is -0.290. The second-order valence-electron chi connectivity index (χ2n) is 3.27. The summed E-state index contributed by atoms with van der Waals surface area (Å²) in [6, 6.07) is 0. The van der Waals surface area contributed by atoms with E-state index in [0.29, 0.717) is 13.2 Å². The van der Waals surface area contributed by atoms with Gasteiger partial charge < -0.3 is 4.74 Å². The number of ether oxygens (including phenoxy) is 1. The second-order valence-corrected chi connectivity index (χ2v) is 3.27. The van der Waals surface area contributed by atoms with Gasteiger partial charge in [0, 0.05) is 6.54 Å². The molecule has 0 spiro atoms. The van der Waals surface area contributed by atoms with E-state index in [1.807, 2.05) is 13.8 Å². The highest BCUT2D eigenvalue weighted by molar-refractivity contribution is 4.58. The number of halogens is 3. The van der Waals surface area contributed by atoms with Gasteiger partial charge in [-0.05, 0) is 20.9 Å². The van der Waals surface area contributed by atoms with Crippen LogP contribution in [0.3, 0.4) is 0 Å². The van der Waals surface area contributed by atoms with E-state index in [0.717, 1.165) is 0 Å². The number of nitrogens with zero attached hydrogens (tertiary/aromatic N) is 1. The molecule has 0 aromatic heterocycles. The highest BCUT2D eigenvalue weighted by Gasteiger charge is 2.28. The van der Waals surface area contributed by atoms with Gasteiger partial charge in [-0.1, -0.05) is 0 Å². The molecular weight excluding hydrogens is 183 g/mol. The van der Waals surface area contributed by atoms with Crippen LogP contribution in [0.15, 0.2) is 0 Å². The van der Waals surface area contributed by atoms with Gasteiger partial charge in [-0.2, -0.15) is 13.2 Å². The van der Waals surface area contributed by atoms with Crippen LogP contribution in [0.25, 0.3) is 0 Å². The fourth-order valence-electron chi connectivity index (χ4n) is 0.829. The van der Waals surface area contributed by atoms with E-state index in [9.17, 15) is 13.2 Å². The molecule has 2 nitrogen and oxygen atoms in total. The Kier molecular flexibility index (Phi) is 5.32. The van der Waals surface area contributed by atoms with Crippen molar-refractivity contribution in [1.82, 2.24) is 4.90 Å². The van der Waals surface area contributed by atoms with E-state index < -0.39 is 12.7 Å². The summed E-state index contributed by atoms with van der Waals surface area (Å²) in [5.74, 6) is 0. The van der Waals surface area contributed by atoms with E-state index in [-0.39, 0.29) is 6.10 Å². The smallest absolute Gasteiger partial charge is 0.377 e. The van der Waals surface area contributed by atoms with Crippen LogP contribution in [0.4, 0.5) is 13.2 Å². The lowest BCUT2D eigenvalue weighted by Gasteiger charge is -2.18. The van der Waals surface area contributed by atoms with Crippen molar-refractivity contribution in [2.75, 3.05) is 26.7 Å². The van der Waals surface area contributed by atoms with Gasteiger partial charge in [-0.3, -0.25) is 4.90 Å². The van der Waals surface area contributed by atoms with Crippen molar-refractivity contribution in [3.63, 3.8) is 0 Å². The molecule has 0 aliphatic heterocycles. The van der Waals surface area contributed by atoms with Crippen molar-refractivity contribution in [3.05, 3.63) is 0 Å². The normalized spacial score (nSPS) is 12.9. The number of hydrogen-bond acceptors (Lipinski definition) is 2. The minimum absolute atomic E-state index is 0.0688. The first-order chi connectivity index (χ1) is 5.81. The van der Waals surface area contributed by atoms with Crippen LogP contribution < -0.4 is 0 Å². The minimum atomic E-state index is -4.12. The standard InChI is InChI=1S/C8H16F3NO/c1-7(2)13-5-4-12(3)6-8(9,10)11/h7H,4-6H2,1-3H3. The largest absolute Gasteiger partial charge is 0.401 e. The lowest BCUT2D eigenvalue weighted by Crippen LogP contribution is -2.33. The van der Waals surface area contributed by atoms with E-state index in [1.165, 1.54) is 11.9 Å². The van der Waals surface area contributed by atoms with Gasteiger partial charge in [0.05, 0.1) is 19.3 Å². The van der Waals surface area contributed by atoms with Gasteiger partial charge in [-0.15, -0.1) is 0 Å². The summed E-state index contributed by atoms with van der Waals surface area (Å²) in [6.07, 6.45) is -4.05. The average Bonchev–Trinajstić information content (AvgIpc) is 1.81. The van der Waals surface area contributed by atoms with Crippen molar-refractivity contribution >= 4 is 0 Å². The lowest BCUT2D eigenvalue weighted by molar-refractivity contribution is -0.144. The molecular formula is C8H16F3NO. The van der Waals surface area contributed by atoms with Crippen LogP contribution in [0, 0.1) is 0 Å². The summed E-state index contributed by atoms with van der Waals surface area (Å²) in [5, 5.41) is 0. The number of likely N-dealkylation sites (N-methyl/N-ethyl adjacent to an activating group) is 1. The molecule has 0 aromatic rings. The highest BCUT2D eigenvalue weighted by Crippen LogP contribution is 2.15. The average molecular weight is 199 g/mol. The molecule has 13 heavy (non-hydrogen) atoms. The predicted molar refractivity (Wildman–Crippen MR) is 44.6 cm³/mol. The van der Waals surface area contributed by atoms with Gasteiger partial charge in [-0.25, -0.2) is 0 Å². The molecule has 0 aromatic carbocycles. The minimum Gasteiger partial charge on any atom is -0.377 e. The van der Waals surface area contributed by atoms with E-state index >= 15 is 0 Å². The number of hydrogen-bond donors (Lipinski definition) is 0. The van der Waals surface area contributed by atoms with E-state index in [1.54, 1.807) is 0 Å². The fourth-order valence-corrected chi connectivity index (χ4v) is 0.829. The zero-order chi connectivity index (χ0) is 10.5. The molecule has 80 valence electrons. The van der Waals surface area contributed by atoms with Gasteiger partial charge in [0.1, 0.15) is 0 Å². The molecule has 0 rings (SSSR count). The van der Waals surface area contributed by atoms with Crippen LogP contribution in [0.1, 0.15) is 13.8 Å². The first-order valence-corrected chi connectivity index (χ1v) is 4.18. The topological polar surface area (TPSA) is 12.5 Å². The molecule has 0 amide bonds. The fraction of sp³-hybridized carbons (Fsp3) is 1.00. The number of alkyl halides is 3. The first-order valence-electron chi connectivity index (χ1n) is 4.18. The summed E-state index contributed by atoms with van der Waals surface area (Å²) in [7, 11) is 1.43. The Balaban J connectivity index is 3.46. The summed E-state index contributed by atoms with van der Waals surface area (Å²) in [6.45, 7) is 3.46. The van der Waals surface area contributed by atoms with Gasteiger partial charge >= 0.3 is 6.18 Å². The van der Waals surface area contributed by atoms with Crippen LogP contribution in [-0.4, -0.2) is 43.9 Å². The molecule has 0 saturated carbocycles. The van der Waals surface area contributed by atoms with Gasteiger partial charge in [0.2, 0.25) is 0 Å². The molecule has 0 aliphatic carbocycles. The summed E-state index contributed by atoms with van der Waals surface area (Å²) < 4.78 is 40.5. The molecule has 0 heterocycles. The summed E-state index contributed by atoms with van der Waals surface area (Å²) in [4.78, 5) is 1.20. The van der Waals surface area contributed by atoms with Crippen LogP contribution in [-0.2, 0) is 4.74 Å². The third-order valence-electron chi connectivity index (χ3n) is 1.37. The molecule has 0 fully saturated rings. The SMILES string of the molecule is CC(C)OCCN(C)CC(F)(F)F. The van der Waals surface area contributed by atoms with Crippen molar-refractivity contribution in [3.8, 4) is 0 Å². The second kappa shape index (κ2) is 5.44. The zero-order valence-electron chi connectivity index (χ0n) is 8.19. The molecule has 5 heteroatoms. The van der Waals surface area contributed by atoms with Crippen molar-refractivity contribution in [2.45, 2.75) is 26.1 Å². The Morgan fingerprint density at radius 3 is 2.23 bits per heavy atom. The maximum absolute atomic E-state index is 11.8. The molecule has 0 bridgehead atoms. The molecule has 0 saturated heterocycles. The van der Waals surface area contributed by atoms with Gasteiger partial charge in [0.15, 0.2) is 0 Å². The summed E-state index contributed by atoms with van der Waals surface area (Å²) in [5.41, 5.74) is 0. The third kappa shape index (κ3) is 9.63. The Bertz CT molecular complexity index is 136. The Labute approximate surface area is 76.7 Å². The Morgan fingerprint density at radius 1 is 1.31 bits per heavy atom. The van der Waals surface area contributed by atoms with Gasteiger partial charge in [0.25, 0.3) is 0 Å². The van der Waals surface area contributed by atoms with Crippen molar-refractivity contribution in [1.29, 1.82) is 0 Å².